The third-order valence-corrected chi connectivity index (χ3v) is 6.54. The van der Waals surface area contributed by atoms with Gasteiger partial charge in [0, 0.05) is 31.0 Å². The topological polar surface area (TPSA) is 12.0 Å². The number of benzene rings is 4. The van der Waals surface area contributed by atoms with Crippen LogP contribution in [0.5, 0.6) is 0 Å². The quantitative estimate of drug-likeness (QED) is 0.341. The van der Waals surface area contributed by atoms with Crippen LogP contribution in [-0.2, 0) is 0 Å². The van der Waals surface area contributed by atoms with Crippen molar-refractivity contribution in [3.05, 3.63) is 108 Å². The molecule has 0 radical (unpaired) electrons. The summed E-state index contributed by atoms with van der Waals surface area (Å²) in [6.07, 6.45) is 0. The second-order valence-electron chi connectivity index (χ2n) is 7.00. The van der Waals surface area contributed by atoms with Crippen LogP contribution < -0.4 is 5.32 Å². The van der Waals surface area contributed by atoms with Crippen molar-refractivity contribution >= 4 is 34.9 Å². The molecule has 0 unspecified atom stereocenters. The molecule has 0 aliphatic heterocycles. The third kappa shape index (κ3) is 5.69. The lowest BCUT2D eigenvalue weighted by atomic mass is 10.2. The molecule has 0 saturated carbocycles. The molecular weight excluding hydrogens is 390 g/mol. The van der Waals surface area contributed by atoms with E-state index in [1.54, 1.807) is 23.5 Å². The molecule has 4 aromatic rings. The SMILES string of the molecule is Cc1ccc(Sc2ccc(Nc3ccc(Sc4ccc(C)cc4)cc3)cc2)cc1. The van der Waals surface area contributed by atoms with E-state index < -0.39 is 0 Å². The average Bonchev–Trinajstić information content (AvgIpc) is 2.74. The first-order valence-corrected chi connectivity index (χ1v) is 11.2. The van der Waals surface area contributed by atoms with Crippen LogP contribution in [-0.4, -0.2) is 0 Å². The molecule has 0 aliphatic carbocycles. The molecule has 0 atom stereocenters. The Bertz CT molecular complexity index is 963. The van der Waals surface area contributed by atoms with Crippen LogP contribution in [0.4, 0.5) is 11.4 Å². The van der Waals surface area contributed by atoms with Gasteiger partial charge in [-0.15, -0.1) is 0 Å². The molecule has 3 heteroatoms. The largest absolute Gasteiger partial charge is 0.356 e. The highest BCUT2D eigenvalue weighted by Crippen LogP contribution is 2.31. The Balaban J connectivity index is 1.36. The standard InChI is InChI=1S/C26H23NS2/c1-19-3-11-23(12-4-19)28-25-15-7-21(8-16-25)27-22-9-17-26(18-10-22)29-24-13-5-20(2)6-14-24/h3-18,27H,1-2H3. The molecule has 4 rings (SSSR count). The third-order valence-electron chi connectivity index (χ3n) is 4.51. The predicted octanol–water partition coefficient (Wildman–Crippen LogP) is 8.35. The average molecular weight is 414 g/mol. The van der Waals surface area contributed by atoms with Crippen molar-refractivity contribution in [2.75, 3.05) is 5.32 Å². The minimum Gasteiger partial charge on any atom is -0.356 e. The van der Waals surface area contributed by atoms with Gasteiger partial charge >= 0.3 is 0 Å². The van der Waals surface area contributed by atoms with Gasteiger partial charge in [0.1, 0.15) is 0 Å². The van der Waals surface area contributed by atoms with E-state index in [2.05, 4.69) is 116 Å². The van der Waals surface area contributed by atoms with E-state index in [0.29, 0.717) is 0 Å². The maximum absolute atomic E-state index is 3.48. The van der Waals surface area contributed by atoms with Gasteiger partial charge in [0.05, 0.1) is 0 Å². The minimum atomic E-state index is 1.09. The molecule has 0 fully saturated rings. The summed E-state index contributed by atoms with van der Waals surface area (Å²) in [5.74, 6) is 0. The number of anilines is 2. The fourth-order valence-corrected chi connectivity index (χ4v) is 4.50. The van der Waals surface area contributed by atoms with Crippen molar-refractivity contribution in [2.24, 2.45) is 0 Å². The van der Waals surface area contributed by atoms with E-state index in [1.807, 2.05) is 0 Å². The highest BCUT2D eigenvalue weighted by atomic mass is 32.2. The Morgan fingerprint density at radius 2 is 0.690 bits per heavy atom. The van der Waals surface area contributed by atoms with Crippen LogP contribution in [0.2, 0.25) is 0 Å². The van der Waals surface area contributed by atoms with E-state index in [-0.39, 0.29) is 0 Å². The Labute approximate surface area is 181 Å². The van der Waals surface area contributed by atoms with Gasteiger partial charge < -0.3 is 5.32 Å². The van der Waals surface area contributed by atoms with Crippen LogP contribution in [0.3, 0.4) is 0 Å². The van der Waals surface area contributed by atoms with Gasteiger partial charge in [-0.1, -0.05) is 58.9 Å². The fourth-order valence-electron chi connectivity index (χ4n) is 2.86. The zero-order valence-electron chi connectivity index (χ0n) is 16.6. The maximum atomic E-state index is 3.48. The monoisotopic (exact) mass is 413 g/mol. The van der Waals surface area contributed by atoms with E-state index >= 15 is 0 Å². The van der Waals surface area contributed by atoms with Crippen LogP contribution >= 0.6 is 23.5 Å². The molecule has 1 N–H and O–H groups in total. The first-order valence-electron chi connectivity index (χ1n) is 9.60. The van der Waals surface area contributed by atoms with Crippen molar-refractivity contribution < 1.29 is 0 Å². The first kappa shape index (κ1) is 19.7. The summed E-state index contributed by atoms with van der Waals surface area (Å²) in [5.41, 5.74) is 4.77. The zero-order valence-corrected chi connectivity index (χ0v) is 18.2. The molecule has 0 aromatic heterocycles. The lowest BCUT2D eigenvalue weighted by molar-refractivity contribution is 1.35. The Morgan fingerprint density at radius 1 is 0.414 bits per heavy atom. The molecule has 0 saturated heterocycles. The predicted molar refractivity (Wildman–Crippen MR) is 127 cm³/mol. The van der Waals surface area contributed by atoms with Gasteiger partial charge in [0.25, 0.3) is 0 Å². The summed E-state index contributed by atoms with van der Waals surface area (Å²) < 4.78 is 0. The van der Waals surface area contributed by atoms with Crippen molar-refractivity contribution in [3.63, 3.8) is 0 Å². The van der Waals surface area contributed by atoms with Crippen LogP contribution in [0, 0.1) is 13.8 Å². The molecule has 4 aromatic carbocycles. The normalized spacial score (nSPS) is 10.7. The summed E-state index contributed by atoms with van der Waals surface area (Å²) in [4.78, 5) is 5.00. The summed E-state index contributed by atoms with van der Waals surface area (Å²) in [6.45, 7) is 4.23. The Hall–Kier alpha value is -2.62. The highest BCUT2D eigenvalue weighted by Gasteiger charge is 2.01. The molecule has 0 heterocycles. The zero-order chi connectivity index (χ0) is 20.1. The minimum absolute atomic E-state index is 1.09. The lowest BCUT2D eigenvalue weighted by Gasteiger charge is -2.09. The number of aryl methyl sites for hydroxylation is 2. The first-order chi connectivity index (χ1) is 14.1. The number of hydrogen-bond acceptors (Lipinski definition) is 3. The van der Waals surface area contributed by atoms with E-state index in [4.69, 9.17) is 0 Å². The Morgan fingerprint density at radius 3 is 1.00 bits per heavy atom. The van der Waals surface area contributed by atoms with Crippen molar-refractivity contribution in [1.29, 1.82) is 0 Å². The molecule has 29 heavy (non-hydrogen) atoms. The van der Waals surface area contributed by atoms with Gasteiger partial charge in [-0.3, -0.25) is 0 Å². The van der Waals surface area contributed by atoms with E-state index in [0.717, 1.165) is 11.4 Å². The van der Waals surface area contributed by atoms with Crippen LogP contribution in [0.15, 0.2) is 117 Å². The number of nitrogens with one attached hydrogen (secondary N) is 1. The van der Waals surface area contributed by atoms with Gasteiger partial charge in [-0.2, -0.15) is 0 Å². The maximum Gasteiger partial charge on any atom is 0.0385 e. The lowest BCUT2D eigenvalue weighted by Crippen LogP contribution is -1.89. The van der Waals surface area contributed by atoms with E-state index in [9.17, 15) is 0 Å². The summed E-state index contributed by atoms with van der Waals surface area (Å²) in [7, 11) is 0. The van der Waals surface area contributed by atoms with Gasteiger partial charge in [-0.05, 0) is 86.6 Å². The van der Waals surface area contributed by atoms with Crippen LogP contribution in [0.1, 0.15) is 11.1 Å². The fraction of sp³-hybridized carbons (Fsp3) is 0.0769. The Kier molecular flexibility index (Phi) is 6.28. The van der Waals surface area contributed by atoms with E-state index in [1.165, 1.54) is 30.7 Å². The molecular formula is C26H23NS2. The number of hydrogen-bond donors (Lipinski definition) is 1. The van der Waals surface area contributed by atoms with Crippen LogP contribution in [0.25, 0.3) is 0 Å². The molecule has 0 bridgehead atoms. The number of rotatable bonds is 6. The molecule has 1 nitrogen and oxygen atoms in total. The van der Waals surface area contributed by atoms with Gasteiger partial charge in [0.2, 0.25) is 0 Å². The van der Waals surface area contributed by atoms with Crippen molar-refractivity contribution in [1.82, 2.24) is 0 Å². The smallest absolute Gasteiger partial charge is 0.0385 e. The van der Waals surface area contributed by atoms with Crippen molar-refractivity contribution in [2.45, 2.75) is 33.4 Å². The molecule has 0 aliphatic rings. The second-order valence-corrected chi connectivity index (χ2v) is 9.30. The van der Waals surface area contributed by atoms with Crippen molar-refractivity contribution in [3.8, 4) is 0 Å². The van der Waals surface area contributed by atoms with Gasteiger partial charge in [-0.25, -0.2) is 0 Å². The van der Waals surface area contributed by atoms with Gasteiger partial charge in [0.15, 0.2) is 0 Å². The summed E-state index contributed by atoms with van der Waals surface area (Å²) in [5, 5.41) is 3.48. The molecule has 144 valence electrons. The highest BCUT2D eigenvalue weighted by molar-refractivity contribution is 7.99. The second kappa shape index (κ2) is 9.25. The summed E-state index contributed by atoms with van der Waals surface area (Å²) >= 11 is 3.57. The molecule has 0 amide bonds. The summed E-state index contributed by atoms with van der Waals surface area (Å²) in [6, 6.07) is 34.4. The molecule has 0 spiro atoms.